The average molecular weight is 353 g/mol. The Morgan fingerprint density at radius 1 is 1.50 bits per heavy atom. The Labute approximate surface area is 112 Å². The molecule has 0 radical (unpaired) electrons. The molecule has 0 unspecified atom stereocenters. The normalized spacial score (nSPS) is 12.6. The monoisotopic (exact) mass is 351 g/mol. The fourth-order valence-corrected chi connectivity index (χ4v) is 2.58. The van der Waals surface area contributed by atoms with E-state index in [0.29, 0.717) is 11.3 Å². The van der Waals surface area contributed by atoms with Gasteiger partial charge in [0, 0.05) is 20.6 Å². The van der Waals surface area contributed by atoms with Crippen LogP contribution < -0.4 is 10.5 Å². The highest BCUT2D eigenvalue weighted by Crippen LogP contribution is 2.43. The number of methoxy groups -OCH3 is 1. The number of nitrogens with two attached hydrogens (primary N) is 1. The number of phenolic OH excluding ortho intramolecular Hbond substituents is 1. The number of benzene rings is 1. The molecular formula is C11H15Br2NO2. The van der Waals surface area contributed by atoms with Crippen molar-refractivity contribution < 1.29 is 9.84 Å². The number of phenols is 1. The smallest absolute Gasteiger partial charge is 0.163 e. The van der Waals surface area contributed by atoms with Crippen LogP contribution in [-0.4, -0.2) is 12.2 Å². The molecule has 1 atom stereocenters. The number of hydrogen-bond donors (Lipinski definition) is 2. The summed E-state index contributed by atoms with van der Waals surface area (Å²) in [7, 11) is 1.52. The molecular weight excluding hydrogens is 338 g/mol. The molecule has 0 fully saturated rings. The van der Waals surface area contributed by atoms with E-state index in [9.17, 15) is 5.11 Å². The van der Waals surface area contributed by atoms with Gasteiger partial charge in [0.1, 0.15) is 0 Å². The summed E-state index contributed by atoms with van der Waals surface area (Å²) in [6.07, 6.45) is 1.77. The van der Waals surface area contributed by atoms with Gasteiger partial charge in [0.15, 0.2) is 11.5 Å². The first kappa shape index (κ1) is 13.8. The molecule has 0 amide bonds. The van der Waals surface area contributed by atoms with Crippen molar-refractivity contribution in [2.24, 2.45) is 5.73 Å². The van der Waals surface area contributed by atoms with Gasteiger partial charge >= 0.3 is 0 Å². The van der Waals surface area contributed by atoms with Gasteiger partial charge in [-0.15, -0.1) is 0 Å². The van der Waals surface area contributed by atoms with Crippen LogP contribution >= 0.6 is 31.9 Å². The first-order chi connectivity index (χ1) is 7.52. The van der Waals surface area contributed by atoms with Crippen LogP contribution in [-0.2, 0) is 0 Å². The third kappa shape index (κ3) is 2.70. The van der Waals surface area contributed by atoms with Crippen molar-refractivity contribution >= 4 is 31.9 Å². The minimum absolute atomic E-state index is 0.110. The van der Waals surface area contributed by atoms with Crippen molar-refractivity contribution in [2.45, 2.75) is 25.8 Å². The Morgan fingerprint density at radius 3 is 2.62 bits per heavy atom. The molecule has 0 saturated carbocycles. The van der Waals surface area contributed by atoms with Gasteiger partial charge in [-0.25, -0.2) is 0 Å². The second kappa shape index (κ2) is 5.89. The Balaban J connectivity index is 3.29. The maximum absolute atomic E-state index is 10.0. The number of rotatable bonds is 4. The van der Waals surface area contributed by atoms with Crippen LogP contribution in [0.3, 0.4) is 0 Å². The lowest BCUT2D eigenvalue weighted by Gasteiger charge is -2.18. The summed E-state index contributed by atoms with van der Waals surface area (Å²) in [5.74, 6) is 0.537. The van der Waals surface area contributed by atoms with E-state index in [-0.39, 0.29) is 11.8 Å². The Bertz CT molecular complexity index is 383. The second-order valence-electron chi connectivity index (χ2n) is 3.53. The zero-order chi connectivity index (χ0) is 12.3. The molecule has 5 heteroatoms. The Morgan fingerprint density at radius 2 is 2.12 bits per heavy atom. The van der Waals surface area contributed by atoms with Gasteiger partial charge in [-0.2, -0.15) is 0 Å². The molecule has 1 aromatic rings. The zero-order valence-electron chi connectivity index (χ0n) is 9.26. The Hall–Kier alpha value is -0.260. The molecule has 0 aliphatic carbocycles. The maximum Gasteiger partial charge on any atom is 0.163 e. The summed E-state index contributed by atoms with van der Waals surface area (Å²) in [5.41, 5.74) is 6.72. The van der Waals surface area contributed by atoms with E-state index >= 15 is 0 Å². The predicted octanol–water partition coefficient (Wildman–Crippen LogP) is 3.73. The van der Waals surface area contributed by atoms with E-state index in [0.717, 1.165) is 21.8 Å². The standard InChI is InChI=1S/C11H15Br2NO2/c1-3-4-7(14)9-10(13)6(12)5-8(16-2)11(9)15/h5,7,15H,3-4,14H2,1-2H3/t7-/m1/s1. The van der Waals surface area contributed by atoms with Crippen LogP contribution in [0.25, 0.3) is 0 Å². The molecule has 0 aliphatic heterocycles. The fraction of sp³-hybridized carbons (Fsp3) is 0.455. The van der Waals surface area contributed by atoms with E-state index in [2.05, 4.69) is 38.8 Å². The Kier molecular flexibility index (Phi) is 5.08. The minimum atomic E-state index is -0.203. The number of halogens is 2. The van der Waals surface area contributed by atoms with E-state index in [1.807, 2.05) is 0 Å². The quantitative estimate of drug-likeness (QED) is 0.868. The van der Waals surface area contributed by atoms with Gasteiger partial charge in [0.05, 0.1) is 7.11 Å². The van der Waals surface area contributed by atoms with Gasteiger partial charge in [-0.1, -0.05) is 13.3 Å². The molecule has 0 aromatic heterocycles. The van der Waals surface area contributed by atoms with Crippen LogP contribution in [0.15, 0.2) is 15.0 Å². The van der Waals surface area contributed by atoms with E-state index in [4.69, 9.17) is 10.5 Å². The summed E-state index contributed by atoms with van der Waals surface area (Å²) < 4.78 is 6.70. The number of ether oxygens (including phenoxy) is 1. The first-order valence-electron chi connectivity index (χ1n) is 5.03. The zero-order valence-corrected chi connectivity index (χ0v) is 12.4. The van der Waals surface area contributed by atoms with Crippen molar-refractivity contribution in [1.82, 2.24) is 0 Å². The van der Waals surface area contributed by atoms with Crippen molar-refractivity contribution in [3.05, 3.63) is 20.6 Å². The minimum Gasteiger partial charge on any atom is -0.504 e. The van der Waals surface area contributed by atoms with Crippen LogP contribution in [0.1, 0.15) is 31.4 Å². The van der Waals surface area contributed by atoms with Crippen LogP contribution in [0, 0.1) is 0 Å². The lowest BCUT2D eigenvalue weighted by Crippen LogP contribution is -2.11. The van der Waals surface area contributed by atoms with Gasteiger partial charge < -0.3 is 15.6 Å². The molecule has 0 heterocycles. The van der Waals surface area contributed by atoms with Gasteiger partial charge in [-0.05, 0) is 44.3 Å². The van der Waals surface area contributed by atoms with Gasteiger partial charge in [-0.3, -0.25) is 0 Å². The fourth-order valence-electron chi connectivity index (χ4n) is 1.56. The van der Waals surface area contributed by atoms with Crippen molar-refractivity contribution in [1.29, 1.82) is 0 Å². The third-order valence-corrected chi connectivity index (χ3v) is 4.39. The maximum atomic E-state index is 10.0. The van der Waals surface area contributed by atoms with Crippen molar-refractivity contribution in [2.75, 3.05) is 7.11 Å². The highest BCUT2D eigenvalue weighted by Gasteiger charge is 2.20. The van der Waals surface area contributed by atoms with Crippen molar-refractivity contribution in [3.63, 3.8) is 0 Å². The van der Waals surface area contributed by atoms with Gasteiger partial charge in [0.2, 0.25) is 0 Å². The molecule has 0 spiro atoms. The highest BCUT2D eigenvalue weighted by atomic mass is 79.9. The molecule has 3 nitrogen and oxygen atoms in total. The summed E-state index contributed by atoms with van der Waals surface area (Å²) in [4.78, 5) is 0. The summed E-state index contributed by atoms with van der Waals surface area (Å²) in [6.45, 7) is 2.06. The van der Waals surface area contributed by atoms with E-state index in [1.54, 1.807) is 6.07 Å². The second-order valence-corrected chi connectivity index (χ2v) is 5.18. The molecule has 0 aliphatic rings. The summed E-state index contributed by atoms with van der Waals surface area (Å²) >= 11 is 6.82. The van der Waals surface area contributed by atoms with Crippen LogP contribution in [0.2, 0.25) is 0 Å². The van der Waals surface area contributed by atoms with E-state index < -0.39 is 0 Å². The molecule has 1 rings (SSSR count). The molecule has 1 aromatic carbocycles. The SMILES string of the molecule is CCC[C@@H](N)c1c(O)c(OC)cc(Br)c1Br. The average Bonchev–Trinajstić information content (AvgIpc) is 2.24. The molecule has 16 heavy (non-hydrogen) atoms. The lowest BCUT2D eigenvalue weighted by molar-refractivity contribution is 0.367. The number of hydrogen-bond acceptors (Lipinski definition) is 3. The largest absolute Gasteiger partial charge is 0.504 e. The van der Waals surface area contributed by atoms with Crippen LogP contribution in [0.4, 0.5) is 0 Å². The first-order valence-corrected chi connectivity index (χ1v) is 6.61. The third-order valence-electron chi connectivity index (χ3n) is 2.38. The molecule has 0 bridgehead atoms. The highest BCUT2D eigenvalue weighted by molar-refractivity contribution is 9.13. The van der Waals surface area contributed by atoms with Crippen molar-refractivity contribution in [3.8, 4) is 11.5 Å². The molecule has 90 valence electrons. The van der Waals surface area contributed by atoms with Crippen LogP contribution in [0.5, 0.6) is 11.5 Å². The summed E-state index contributed by atoms with van der Waals surface area (Å²) in [6, 6.07) is 1.51. The van der Waals surface area contributed by atoms with Gasteiger partial charge in [0.25, 0.3) is 0 Å². The number of aromatic hydroxyl groups is 1. The lowest BCUT2D eigenvalue weighted by atomic mass is 10.0. The molecule has 3 N–H and O–H groups in total. The van der Waals surface area contributed by atoms with E-state index in [1.165, 1.54) is 7.11 Å². The predicted molar refractivity (Wildman–Crippen MR) is 71.9 cm³/mol. The topological polar surface area (TPSA) is 55.5 Å². The molecule has 0 saturated heterocycles. The summed E-state index contributed by atoms with van der Waals surface area (Å²) in [5, 5.41) is 10.0.